The number of nitrogens with one attached hydrogen (secondary N) is 1. The second-order valence-electron chi connectivity index (χ2n) is 6.45. The van der Waals surface area contributed by atoms with Gasteiger partial charge in [-0.3, -0.25) is 4.90 Å². The van der Waals surface area contributed by atoms with Crippen molar-refractivity contribution in [1.29, 1.82) is 0 Å². The predicted molar refractivity (Wildman–Crippen MR) is 87.4 cm³/mol. The Balaban J connectivity index is 1.86. The minimum atomic E-state index is 0.688. The highest BCUT2D eigenvalue weighted by Crippen LogP contribution is 2.20. The molecule has 1 aromatic rings. The monoisotopic (exact) mass is 293 g/mol. The number of hydrogen-bond acceptors (Lipinski definition) is 4. The lowest BCUT2D eigenvalue weighted by Crippen LogP contribution is -2.41. The maximum absolute atomic E-state index is 6.03. The SMILES string of the molecule is CCCNCc1oc(CN(C)C2CCN(C)CC2)cc1C. The molecule has 0 amide bonds. The Bertz CT molecular complexity index is 422. The van der Waals surface area contributed by atoms with E-state index in [-0.39, 0.29) is 0 Å². The first-order chi connectivity index (χ1) is 10.1. The van der Waals surface area contributed by atoms with E-state index in [0.29, 0.717) is 6.04 Å². The summed E-state index contributed by atoms with van der Waals surface area (Å²) in [4.78, 5) is 4.87. The van der Waals surface area contributed by atoms with Gasteiger partial charge >= 0.3 is 0 Å². The fourth-order valence-electron chi connectivity index (χ4n) is 3.03. The molecule has 1 aliphatic heterocycles. The van der Waals surface area contributed by atoms with Gasteiger partial charge in [0.1, 0.15) is 11.5 Å². The van der Waals surface area contributed by atoms with Crippen LogP contribution in [0, 0.1) is 6.92 Å². The van der Waals surface area contributed by atoms with Crippen LogP contribution < -0.4 is 5.32 Å². The van der Waals surface area contributed by atoms with Crippen LogP contribution in [-0.4, -0.2) is 49.6 Å². The van der Waals surface area contributed by atoms with E-state index < -0.39 is 0 Å². The zero-order valence-corrected chi connectivity index (χ0v) is 14.1. The number of rotatable bonds is 7. The van der Waals surface area contributed by atoms with E-state index in [4.69, 9.17) is 4.42 Å². The lowest BCUT2D eigenvalue weighted by Gasteiger charge is -2.34. The first-order valence-corrected chi connectivity index (χ1v) is 8.27. The van der Waals surface area contributed by atoms with Crippen molar-refractivity contribution in [2.75, 3.05) is 33.7 Å². The van der Waals surface area contributed by atoms with Gasteiger partial charge in [0, 0.05) is 6.04 Å². The summed E-state index contributed by atoms with van der Waals surface area (Å²) in [6.45, 7) is 9.55. The summed E-state index contributed by atoms with van der Waals surface area (Å²) in [7, 11) is 4.44. The van der Waals surface area contributed by atoms with Crippen LogP contribution in [-0.2, 0) is 13.1 Å². The molecular weight excluding hydrogens is 262 g/mol. The van der Waals surface area contributed by atoms with Gasteiger partial charge in [0.15, 0.2) is 0 Å². The largest absolute Gasteiger partial charge is 0.463 e. The molecule has 1 aromatic heterocycles. The highest BCUT2D eigenvalue weighted by molar-refractivity contribution is 5.20. The van der Waals surface area contributed by atoms with Crippen molar-refractivity contribution < 1.29 is 4.42 Å². The molecule has 0 aliphatic carbocycles. The summed E-state index contributed by atoms with van der Waals surface area (Å²) < 4.78 is 6.03. The fraction of sp³-hybridized carbons (Fsp3) is 0.765. The first-order valence-electron chi connectivity index (χ1n) is 8.27. The number of likely N-dealkylation sites (tertiary alicyclic amines) is 1. The van der Waals surface area contributed by atoms with Crippen LogP contribution in [0.4, 0.5) is 0 Å². The van der Waals surface area contributed by atoms with E-state index >= 15 is 0 Å². The Labute approximate surface area is 129 Å². The van der Waals surface area contributed by atoms with Crippen molar-refractivity contribution in [2.45, 2.75) is 52.2 Å². The topological polar surface area (TPSA) is 31.7 Å². The maximum atomic E-state index is 6.03. The summed E-state index contributed by atoms with van der Waals surface area (Å²) in [5, 5.41) is 3.41. The van der Waals surface area contributed by atoms with E-state index in [2.05, 4.69) is 49.1 Å². The molecule has 0 aromatic carbocycles. The lowest BCUT2D eigenvalue weighted by molar-refractivity contribution is 0.132. The molecule has 1 aliphatic rings. The van der Waals surface area contributed by atoms with Crippen molar-refractivity contribution in [1.82, 2.24) is 15.1 Å². The normalized spacial score (nSPS) is 17.8. The second kappa shape index (κ2) is 7.97. The lowest BCUT2D eigenvalue weighted by atomic mass is 10.0. The van der Waals surface area contributed by atoms with Crippen LogP contribution in [0.1, 0.15) is 43.3 Å². The third-order valence-electron chi connectivity index (χ3n) is 4.50. The van der Waals surface area contributed by atoms with Gasteiger partial charge in [-0.25, -0.2) is 0 Å². The quantitative estimate of drug-likeness (QED) is 0.783. The number of hydrogen-bond donors (Lipinski definition) is 1. The molecule has 0 unspecified atom stereocenters. The minimum Gasteiger partial charge on any atom is -0.463 e. The molecule has 0 saturated carbocycles. The van der Waals surface area contributed by atoms with Crippen LogP contribution in [0.3, 0.4) is 0 Å². The smallest absolute Gasteiger partial charge is 0.120 e. The van der Waals surface area contributed by atoms with Crippen molar-refractivity contribution in [3.63, 3.8) is 0 Å². The van der Waals surface area contributed by atoms with Crippen LogP contribution in [0.5, 0.6) is 0 Å². The second-order valence-corrected chi connectivity index (χ2v) is 6.45. The first kappa shape index (κ1) is 16.5. The Morgan fingerprint density at radius 3 is 2.76 bits per heavy atom. The van der Waals surface area contributed by atoms with Crippen molar-refractivity contribution >= 4 is 0 Å². The molecule has 1 N–H and O–H groups in total. The molecule has 120 valence electrons. The molecule has 1 fully saturated rings. The van der Waals surface area contributed by atoms with Crippen LogP contribution in [0.25, 0.3) is 0 Å². The van der Waals surface area contributed by atoms with Crippen LogP contribution >= 0.6 is 0 Å². The van der Waals surface area contributed by atoms with E-state index in [0.717, 1.165) is 37.6 Å². The molecular formula is C17H31N3O. The molecule has 0 radical (unpaired) electrons. The molecule has 2 heterocycles. The van der Waals surface area contributed by atoms with Gasteiger partial charge < -0.3 is 14.6 Å². The minimum absolute atomic E-state index is 0.688. The third-order valence-corrected chi connectivity index (χ3v) is 4.50. The molecule has 4 heteroatoms. The summed E-state index contributed by atoms with van der Waals surface area (Å²) in [5.41, 5.74) is 1.27. The van der Waals surface area contributed by atoms with E-state index in [1.54, 1.807) is 0 Å². The number of aryl methyl sites for hydroxylation is 1. The average molecular weight is 293 g/mol. The molecule has 1 saturated heterocycles. The highest BCUT2D eigenvalue weighted by atomic mass is 16.3. The zero-order valence-electron chi connectivity index (χ0n) is 14.1. The highest BCUT2D eigenvalue weighted by Gasteiger charge is 2.21. The van der Waals surface area contributed by atoms with E-state index in [9.17, 15) is 0 Å². The number of piperidine rings is 1. The van der Waals surface area contributed by atoms with Crippen molar-refractivity contribution in [3.05, 3.63) is 23.2 Å². The van der Waals surface area contributed by atoms with Crippen LogP contribution in [0.15, 0.2) is 10.5 Å². The van der Waals surface area contributed by atoms with Gasteiger partial charge in [0.05, 0.1) is 13.1 Å². The Morgan fingerprint density at radius 1 is 1.38 bits per heavy atom. The third kappa shape index (κ3) is 4.83. The molecule has 2 rings (SSSR count). The molecule has 0 bridgehead atoms. The zero-order chi connectivity index (χ0) is 15.2. The van der Waals surface area contributed by atoms with E-state index in [1.165, 1.54) is 31.5 Å². The Morgan fingerprint density at radius 2 is 2.10 bits per heavy atom. The predicted octanol–water partition coefficient (Wildman–Crippen LogP) is 2.61. The molecule has 4 nitrogen and oxygen atoms in total. The Kier molecular flexibility index (Phi) is 6.27. The summed E-state index contributed by atoms with van der Waals surface area (Å²) >= 11 is 0. The summed E-state index contributed by atoms with van der Waals surface area (Å²) in [6.07, 6.45) is 3.68. The van der Waals surface area contributed by atoms with Gasteiger partial charge in [0.25, 0.3) is 0 Å². The van der Waals surface area contributed by atoms with Gasteiger partial charge in [-0.2, -0.15) is 0 Å². The van der Waals surface area contributed by atoms with Gasteiger partial charge in [-0.1, -0.05) is 6.92 Å². The average Bonchev–Trinajstić information content (AvgIpc) is 2.80. The van der Waals surface area contributed by atoms with E-state index in [1.807, 2.05) is 0 Å². The summed E-state index contributed by atoms with van der Waals surface area (Å²) in [5.74, 6) is 2.19. The van der Waals surface area contributed by atoms with Crippen molar-refractivity contribution in [2.24, 2.45) is 0 Å². The number of furan rings is 1. The standard InChI is InChI=1S/C17H31N3O/c1-5-8-18-12-17-14(2)11-16(21-17)13-20(4)15-6-9-19(3)10-7-15/h11,15,18H,5-10,12-13H2,1-4H3. The van der Waals surface area contributed by atoms with Gasteiger partial charge in [-0.05, 0) is 71.5 Å². The van der Waals surface area contributed by atoms with Gasteiger partial charge in [-0.15, -0.1) is 0 Å². The maximum Gasteiger partial charge on any atom is 0.120 e. The van der Waals surface area contributed by atoms with Crippen LogP contribution in [0.2, 0.25) is 0 Å². The molecule has 21 heavy (non-hydrogen) atoms. The van der Waals surface area contributed by atoms with Crippen molar-refractivity contribution in [3.8, 4) is 0 Å². The molecule has 0 atom stereocenters. The fourth-order valence-corrected chi connectivity index (χ4v) is 3.03. The summed E-state index contributed by atoms with van der Waals surface area (Å²) in [6, 6.07) is 2.89. The molecule has 0 spiro atoms. The number of nitrogens with zero attached hydrogens (tertiary/aromatic N) is 2. The Hall–Kier alpha value is -0.840. The van der Waals surface area contributed by atoms with Gasteiger partial charge in [0.2, 0.25) is 0 Å².